The highest BCUT2D eigenvalue weighted by molar-refractivity contribution is 7.90. The number of nitrogens with zero attached hydrogens (tertiary/aromatic N) is 3. The van der Waals surface area contributed by atoms with Gasteiger partial charge in [-0.25, -0.2) is 9.71 Å². The molecule has 0 saturated carbocycles. The minimum absolute atomic E-state index is 0.0154. The molecule has 1 aromatic heterocycles. The van der Waals surface area contributed by atoms with Gasteiger partial charge in [-0.3, -0.25) is 9.59 Å². The van der Waals surface area contributed by atoms with E-state index in [2.05, 4.69) is 9.71 Å². The molecule has 2 aromatic rings. The lowest BCUT2D eigenvalue weighted by atomic mass is 9.99. The number of rotatable bonds is 3. The molecule has 0 aliphatic carbocycles. The Bertz CT molecular complexity index is 1030. The lowest BCUT2D eigenvalue weighted by molar-refractivity contribution is -0.118. The van der Waals surface area contributed by atoms with E-state index in [9.17, 15) is 18.0 Å². The summed E-state index contributed by atoms with van der Waals surface area (Å²) >= 11 is 0. The van der Waals surface area contributed by atoms with Crippen LogP contribution in [0.25, 0.3) is 0 Å². The van der Waals surface area contributed by atoms with Gasteiger partial charge < -0.3 is 9.47 Å². The zero-order chi connectivity index (χ0) is 18.5. The van der Waals surface area contributed by atoms with Crippen LogP contribution in [-0.4, -0.2) is 36.8 Å². The third-order valence-corrected chi connectivity index (χ3v) is 6.20. The predicted molar refractivity (Wildman–Crippen MR) is 93.4 cm³/mol. The molecular weight excluding hydrogens is 356 g/mol. The maximum atomic E-state index is 12.6. The number of hydrogen-bond acceptors (Lipinski definition) is 5. The Morgan fingerprint density at radius 2 is 2.04 bits per heavy atom. The first kappa shape index (κ1) is 16.8. The molecule has 26 heavy (non-hydrogen) atoms. The van der Waals surface area contributed by atoms with E-state index in [4.69, 9.17) is 0 Å². The normalized spacial score (nSPS) is 16.3. The van der Waals surface area contributed by atoms with Crippen molar-refractivity contribution >= 4 is 27.5 Å². The maximum absolute atomic E-state index is 12.6. The van der Waals surface area contributed by atoms with E-state index < -0.39 is 15.9 Å². The Labute approximate surface area is 150 Å². The van der Waals surface area contributed by atoms with Crippen LogP contribution in [0.5, 0.6) is 0 Å². The molecule has 4 rings (SSSR count). The van der Waals surface area contributed by atoms with Crippen LogP contribution in [0.4, 0.5) is 5.69 Å². The molecule has 2 amide bonds. The molecule has 0 radical (unpaired) electrons. The average Bonchev–Trinajstić information content (AvgIpc) is 3.20. The fourth-order valence-electron chi connectivity index (χ4n) is 3.48. The van der Waals surface area contributed by atoms with E-state index in [-0.39, 0.29) is 16.5 Å². The Morgan fingerprint density at radius 1 is 1.23 bits per heavy atom. The zero-order valence-corrected chi connectivity index (χ0v) is 15.0. The van der Waals surface area contributed by atoms with Gasteiger partial charge in [0.2, 0.25) is 5.91 Å². The quantitative estimate of drug-likeness (QED) is 0.859. The highest BCUT2D eigenvalue weighted by Gasteiger charge is 2.28. The first-order valence-electron chi connectivity index (χ1n) is 8.38. The minimum Gasteiger partial charge on any atom is -0.318 e. The minimum atomic E-state index is -3.99. The van der Waals surface area contributed by atoms with Gasteiger partial charge in [-0.15, -0.1) is 0 Å². The first-order chi connectivity index (χ1) is 12.4. The molecule has 0 bridgehead atoms. The lowest BCUT2D eigenvalue weighted by Gasteiger charge is -2.26. The third kappa shape index (κ3) is 2.68. The molecule has 0 saturated heterocycles. The van der Waals surface area contributed by atoms with Crippen molar-refractivity contribution in [3.63, 3.8) is 0 Å². The van der Waals surface area contributed by atoms with Crippen LogP contribution in [0.2, 0.25) is 0 Å². The molecule has 0 fully saturated rings. The second kappa shape index (κ2) is 5.94. The van der Waals surface area contributed by atoms with Crippen LogP contribution in [0, 0.1) is 0 Å². The van der Waals surface area contributed by atoms with Gasteiger partial charge in [0.1, 0.15) is 5.82 Å². The van der Waals surface area contributed by atoms with Crippen LogP contribution in [0.1, 0.15) is 34.6 Å². The number of carbonyl (C=O) groups excluding carboxylic acids is 2. The zero-order valence-electron chi connectivity index (χ0n) is 14.2. The van der Waals surface area contributed by atoms with Crippen LogP contribution >= 0.6 is 0 Å². The number of anilines is 1. The van der Waals surface area contributed by atoms with Crippen molar-refractivity contribution in [1.29, 1.82) is 0 Å². The van der Waals surface area contributed by atoms with Crippen molar-refractivity contribution in [3.05, 3.63) is 41.3 Å². The van der Waals surface area contributed by atoms with E-state index in [0.29, 0.717) is 19.4 Å². The summed E-state index contributed by atoms with van der Waals surface area (Å²) in [7, 11) is -2.31. The molecule has 2 aliphatic rings. The molecule has 1 N–H and O–H groups in total. The molecule has 1 aromatic carbocycles. The Morgan fingerprint density at radius 3 is 2.85 bits per heavy atom. The molecule has 2 aliphatic heterocycles. The third-order valence-electron chi connectivity index (χ3n) is 4.87. The number of imidazole rings is 1. The number of hydrogen-bond donors (Lipinski definition) is 1. The summed E-state index contributed by atoms with van der Waals surface area (Å²) in [6, 6.07) is 4.84. The molecule has 0 spiro atoms. The van der Waals surface area contributed by atoms with Crippen molar-refractivity contribution in [1.82, 2.24) is 14.3 Å². The predicted octanol–water partition coefficient (Wildman–Crippen LogP) is 0.857. The summed E-state index contributed by atoms with van der Waals surface area (Å²) in [5.41, 5.74) is 1.84. The van der Waals surface area contributed by atoms with Gasteiger partial charge in [0, 0.05) is 37.7 Å². The Balaban J connectivity index is 1.59. The topological polar surface area (TPSA) is 101 Å². The summed E-state index contributed by atoms with van der Waals surface area (Å²) in [4.78, 5) is 29.9. The molecule has 9 heteroatoms. The summed E-state index contributed by atoms with van der Waals surface area (Å²) < 4.78 is 28.9. The van der Waals surface area contributed by atoms with Crippen LogP contribution in [-0.2, 0) is 34.2 Å². The van der Waals surface area contributed by atoms with Gasteiger partial charge >= 0.3 is 0 Å². The summed E-state index contributed by atoms with van der Waals surface area (Å²) in [6.45, 7) is 0.582. The molecule has 0 atom stereocenters. The summed E-state index contributed by atoms with van der Waals surface area (Å²) in [5.74, 6) is 0.0482. The van der Waals surface area contributed by atoms with Gasteiger partial charge in [0.15, 0.2) is 5.03 Å². The van der Waals surface area contributed by atoms with Gasteiger partial charge in [-0.1, -0.05) is 0 Å². The summed E-state index contributed by atoms with van der Waals surface area (Å²) in [5, 5.41) is 0.0154. The highest BCUT2D eigenvalue weighted by Crippen LogP contribution is 2.28. The highest BCUT2D eigenvalue weighted by atomic mass is 32.2. The summed E-state index contributed by atoms with van der Waals surface area (Å²) in [6.07, 6.45) is 3.77. The molecule has 8 nitrogen and oxygen atoms in total. The first-order valence-corrected chi connectivity index (χ1v) is 9.86. The number of aryl methyl sites for hydroxylation is 2. The van der Waals surface area contributed by atoms with E-state index in [1.165, 1.54) is 12.3 Å². The number of carbonyl (C=O) groups is 2. The Kier molecular flexibility index (Phi) is 3.83. The van der Waals surface area contributed by atoms with Crippen LogP contribution in [0.3, 0.4) is 0 Å². The fourth-order valence-corrected chi connectivity index (χ4v) is 4.62. The van der Waals surface area contributed by atoms with Gasteiger partial charge in [0.05, 0.1) is 6.20 Å². The Hall–Kier alpha value is -2.68. The number of fused-ring (bicyclic) bond motifs is 2. The van der Waals surface area contributed by atoms with Gasteiger partial charge in [-0.05, 0) is 36.6 Å². The van der Waals surface area contributed by atoms with Gasteiger partial charge in [0.25, 0.3) is 15.9 Å². The largest absolute Gasteiger partial charge is 0.318 e. The molecular formula is C17H18N4O4S. The molecule has 0 unspecified atom stereocenters. The van der Waals surface area contributed by atoms with Crippen molar-refractivity contribution in [2.45, 2.75) is 37.3 Å². The average molecular weight is 374 g/mol. The number of nitrogens with one attached hydrogen (secondary N) is 1. The van der Waals surface area contributed by atoms with Crippen LogP contribution < -0.4 is 9.62 Å². The SMILES string of the molecule is CN1C(=O)CCc2cc(C(=O)NS(=O)(=O)c3cnc4n3CCC4)ccc21. The van der Waals surface area contributed by atoms with Crippen molar-refractivity contribution < 1.29 is 18.0 Å². The van der Waals surface area contributed by atoms with E-state index in [1.807, 2.05) is 0 Å². The second-order valence-corrected chi connectivity index (χ2v) is 8.13. The number of benzene rings is 1. The lowest BCUT2D eigenvalue weighted by Crippen LogP contribution is -2.33. The van der Waals surface area contributed by atoms with E-state index >= 15 is 0 Å². The number of sulfonamides is 1. The monoisotopic (exact) mass is 374 g/mol. The second-order valence-electron chi connectivity index (χ2n) is 6.50. The smallest absolute Gasteiger partial charge is 0.281 e. The van der Waals surface area contributed by atoms with Gasteiger partial charge in [-0.2, -0.15) is 8.42 Å². The van der Waals surface area contributed by atoms with Crippen molar-refractivity contribution in [3.8, 4) is 0 Å². The number of amides is 2. The van der Waals surface area contributed by atoms with Crippen LogP contribution in [0.15, 0.2) is 29.4 Å². The van der Waals surface area contributed by atoms with Crippen molar-refractivity contribution in [2.75, 3.05) is 11.9 Å². The molecule has 3 heterocycles. The van der Waals surface area contributed by atoms with E-state index in [0.717, 1.165) is 29.9 Å². The standard InChI is InChI=1S/C17H18N4O4S/c1-20-13-6-4-12(9-11(13)5-7-15(20)22)17(23)19-26(24,25)16-10-18-14-3-2-8-21(14)16/h4,6,9-10H,2-3,5,7-8H2,1H3,(H,19,23). The molecule has 136 valence electrons. The van der Waals surface area contributed by atoms with E-state index in [1.54, 1.807) is 28.6 Å². The maximum Gasteiger partial charge on any atom is 0.281 e. The fraction of sp³-hybridized carbons (Fsp3) is 0.353. The number of aromatic nitrogens is 2. The van der Waals surface area contributed by atoms with Crippen molar-refractivity contribution in [2.24, 2.45) is 0 Å².